The lowest BCUT2D eigenvalue weighted by molar-refractivity contribution is 0.0914. The predicted molar refractivity (Wildman–Crippen MR) is 89.3 cm³/mol. The van der Waals surface area contributed by atoms with Crippen LogP contribution in [0.2, 0.25) is 0 Å². The molecule has 0 aromatic carbocycles. The molecule has 22 heavy (non-hydrogen) atoms. The number of piperazine rings is 1. The van der Waals surface area contributed by atoms with Crippen molar-refractivity contribution in [3.63, 3.8) is 0 Å². The van der Waals surface area contributed by atoms with Crippen LogP contribution in [0.15, 0.2) is 4.99 Å². The Morgan fingerprint density at radius 1 is 1.18 bits per heavy atom. The molecule has 0 bridgehead atoms. The Bertz CT molecular complexity index is 354. The maximum Gasteiger partial charge on any atom is 0.409 e. The van der Waals surface area contributed by atoms with Crippen LogP contribution in [0.25, 0.3) is 0 Å². The first kappa shape index (κ1) is 18.5. The number of aliphatic imine (C=N–C) groups is 1. The first-order valence-corrected chi connectivity index (χ1v) is 8.25. The Morgan fingerprint density at radius 3 is 2.36 bits per heavy atom. The molecule has 1 fully saturated rings. The van der Waals surface area contributed by atoms with Gasteiger partial charge in [-0.1, -0.05) is 6.92 Å². The minimum Gasteiger partial charge on any atom is -0.450 e. The fraction of sp³-hybridized carbons (Fsp3) is 0.867. The molecule has 1 aliphatic heterocycles. The van der Waals surface area contributed by atoms with Crippen molar-refractivity contribution >= 4 is 12.1 Å². The third-order valence-electron chi connectivity index (χ3n) is 3.72. The second-order valence-electron chi connectivity index (χ2n) is 5.30. The molecule has 1 aliphatic rings. The zero-order valence-electron chi connectivity index (χ0n) is 14.5. The van der Waals surface area contributed by atoms with Crippen LogP contribution in [0.3, 0.4) is 0 Å². The van der Waals surface area contributed by atoms with E-state index in [4.69, 9.17) is 4.74 Å². The summed E-state index contributed by atoms with van der Waals surface area (Å²) in [6, 6.07) is 0. The zero-order valence-corrected chi connectivity index (χ0v) is 14.5. The normalized spacial score (nSPS) is 16.1. The summed E-state index contributed by atoms with van der Waals surface area (Å²) in [5, 5.41) is 3.34. The number of nitrogens with one attached hydrogen (secondary N) is 1. The van der Waals surface area contributed by atoms with E-state index in [2.05, 4.69) is 41.0 Å². The Hall–Kier alpha value is -1.50. The molecular formula is C15H31N5O2. The summed E-state index contributed by atoms with van der Waals surface area (Å²) in [6.45, 7) is 13.0. The summed E-state index contributed by atoms with van der Waals surface area (Å²) in [4.78, 5) is 22.6. The largest absolute Gasteiger partial charge is 0.450 e. The molecule has 0 saturated carbocycles. The number of carbonyl (C=O) groups excluding carboxylic acids is 1. The smallest absolute Gasteiger partial charge is 0.409 e. The van der Waals surface area contributed by atoms with Gasteiger partial charge in [-0.15, -0.1) is 0 Å². The van der Waals surface area contributed by atoms with Crippen LogP contribution >= 0.6 is 0 Å². The number of guanidine groups is 1. The van der Waals surface area contributed by atoms with Crippen molar-refractivity contribution in [3.8, 4) is 0 Å². The van der Waals surface area contributed by atoms with Crippen LogP contribution in [0.5, 0.6) is 0 Å². The van der Waals surface area contributed by atoms with Crippen LogP contribution in [-0.2, 0) is 4.74 Å². The van der Waals surface area contributed by atoms with Crippen LogP contribution < -0.4 is 5.32 Å². The molecular weight excluding hydrogens is 282 g/mol. The van der Waals surface area contributed by atoms with E-state index in [0.717, 1.165) is 45.2 Å². The summed E-state index contributed by atoms with van der Waals surface area (Å²) in [5.74, 6) is 0.940. The minimum absolute atomic E-state index is 0.214. The van der Waals surface area contributed by atoms with Gasteiger partial charge in [0.1, 0.15) is 0 Å². The van der Waals surface area contributed by atoms with Gasteiger partial charge in [0.05, 0.1) is 13.2 Å². The number of hydrogen-bond acceptors (Lipinski definition) is 4. The van der Waals surface area contributed by atoms with Crippen molar-refractivity contribution in [2.24, 2.45) is 4.99 Å². The molecule has 0 radical (unpaired) electrons. The molecule has 7 nitrogen and oxygen atoms in total. The molecule has 0 unspecified atom stereocenters. The predicted octanol–water partition coefficient (Wildman–Crippen LogP) is 0.678. The summed E-state index contributed by atoms with van der Waals surface area (Å²) < 4.78 is 5.05. The second-order valence-corrected chi connectivity index (χ2v) is 5.30. The lowest BCUT2D eigenvalue weighted by atomic mass is 10.3. The summed E-state index contributed by atoms with van der Waals surface area (Å²) in [7, 11) is 2.10. The highest BCUT2D eigenvalue weighted by atomic mass is 16.6. The molecule has 1 rings (SSSR count). The van der Waals surface area contributed by atoms with Gasteiger partial charge in [0.25, 0.3) is 0 Å². The number of nitrogens with zero attached hydrogens (tertiary/aromatic N) is 4. The average Bonchev–Trinajstić information content (AvgIpc) is 2.54. The first-order valence-electron chi connectivity index (χ1n) is 8.25. The van der Waals surface area contributed by atoms with Gasteiger partial charge in [0, 0.05) is 39.3 Å². The van der Waals surface area contributed by atoms with Crippen molar-refractivity contribution in [2.45, 2.75) is 20.8 Å². The van der Waals surface area contributed by atoms with Crippen molar-refractivity contribution < 1.29 is 9.53 Å². The van der Waals surface area contributed by atoms with E-state index < -0.39 is 0 Å². The van der Waals surface area contributed by atoms with E-state index in [9.17, 15) is 4.79 Å². The molecule has 7 heteroatoms. The van der Waals surface area contributed by atoms with Gasteiger partial charge in [-0.2, -0.15) is 0 Å². The van der Waals surface area contributed by atoms with E-state index in [-0.39, 0.29) is 6.09 Å². The number of ether oxygens (including phenoxy) is 1. The van der Waals surface area contributed by atoms with E-state index in [1.54, 1.807) is 4.90 Å². The van der Waals surface area contributed by atoms with E-state index in [0.29, 0.717) is 19.7 Å². The minimum atomic E-state index is -0.214. The van der Waals surface area contributed by atoms with Crippen molar-refractivity contribution in [1.29, 1.82) is 0 Å². The van der Waals surface area contributed by atoms with Gasteiger partial charge < -0.3 is 24.8 Å². The van der Waals surface area contributed by atoms with E-state index in [1.807, 2.05) is 6.92 Å². The molecule has 128 valence electrons. The Balaban J connectivity index is 2.49. The first-order chi connectivity index (χ1) is 10.6. The van der Waals surface area contributed by atoms with Gasteiger partial charge in [0.15, 0.2) is 5.96 Å². The lowest BCUT2D eigenvalue weighted by Gasteiger charge is -2.36. The van der Waals surface area contributed by atoms with Gasteiger partial charge in [0.2, 0.25) is 0 Å². The molecule has 0 aromatic heterocycles. The topological polar surface area (TPSA) is 60.4 Å². The third kappa shape index (κ3) is 6.09. The second kappa shape index (κ2) is 10.3. The molecule has 0 aromatic rings. The molecule has 1 saturated heterocycles. The van der Waals surface area contributed by atoms with E-state index >= 15 is 0 Å². The number of amides is 1. The van der Waals surface area contributed by atoms with Crippen molar-refractivity contribution in [1.82, 2.24) is 20.0 Å². The number of hydrogen-bond donors (Lipinski definition) is 1. The Labute approximate surface area is 134 Å². The fourth-order valence-corrected chi connectivity index (χ4v) is 2.23. The van der Waals surface area contributed by atoms with Crippen LogP contribution in [-0.4, -0.2) is 92.8 Å². The highest BCUT2D eigenvalue weighted by molar-refractivity contribution is 5.80. The summed E-state index contributed by atoms with van der Waals surface area (Å²) >= 11 is 0. The SMILES string of the molecule is CCNC(=NCCN(C)CC)N1CCN(C(=O)OCC)CC1. The molecule has 1 heterocycles. The fourth-order valence-electron chi connectivity index (χ4n) is 2.23. The zero-order chi connectivity index (χ0) is 16.4. The molecule has 0 spiro atoms. The van der Waals surface area contributed by atoms with Gasteiger partial charge >= 0.3 is 6.09 Å². The number of rotatable bonds is 6. The maximum atomic E-state index is 11.7. The quantitative estimate of drug-likeness (QED) is 0.577. The van der Waals surface area contributed by atoms with Crippen LogP contribution in [0.4, 0.5) is 4.79 Å². The molecule has 0 aliphatic carbocycles. The molecule has 1 amide bonds. The third-order valence-corrected chi connectivity index (χ3v) is 3.72. The van der Waals surface area contributed by atoms with Crippen molar-refractivity contribution in [3.05, 3.63) is 0 Å². The summed E-state index contributed by atoms with van der Waals surface area (Å²) in [5.41, 5.74) is 0. The lowest BCUT2D eigenvalue weighted by Crippen LogP contribution is -2.54. The highest BCUT2D eigenvalue weighted by Gasteiger charge is 2.23. The van der Waals surface area contributed by atoms with Crippen LogP contribution in [0.1, 0.15) is 20.8 Å². The van der Waals surface area contributed by atoms with Gasteiger partial charge in [-0.05, 0) is 27.4 Å². The van der Waals surface area contributed by atoms with E-state index in [1.165, 1.54) is 0 Å². The monoisotopic (exact) mass is 313 g/mol. The summed E-state index contributed by atoms with van der Waals surface area (Å²) in [6.07, 6.45) is -0.214. The highest BCUT2D eigenvalue weighted by Crippen LogP contribution is 2.04. The Kier molecular flexibility index (Phi) is 8.65. The maximum absolute atomic E-state index is 11.7. The van der Waals surface area contributed by atoms with Crippen LogP contribution in [0, 0.1) is 0 Å². The van der Waals surface area contributed by atoms with Gasteiger partial charge in [-0.25, -0.2) is 4.79 Å². The average molecular weight is 313 g/mol. The Morgan fingerprint density at radius 2 is 1.82 bits per heavy atom. The number of likely N-dealkylation sites (N-methyl/N-ethyl adjacent to an activating group) is 1. The molecule has 1 N–H and O–H groups in total. The molecule has 0 atom stereocenters. The van der Waals surface area contributed by atoms with Gasteiger partial charge in [-0.3, -0.25) is 4.99 Å². The number of carbonyl (C=O) groups is 1. The van der Waals surface area contributed by atoms with Crippen molar-refractivity contribution in [2.75, 3.05) is 66.0 Å². The standard InChI is InChI=1S/C15H31N5O2/c1-5-16-14(17-8-9-18(4)6-2)19-10-12-20(13-11-19)15(21)22-7-3/h5-13H2,1-4H3,(H,16,17).